The van der Waals surface area contributed by atoms with Gasteiger partial charge in [-0.15, -0.1) is 0 Å². The molecule has 0 bridgehead atoms. The Balaban J connectivity index is 1.93. The van der Waals surface area contributed by atoms with E-state index in [2.05, 4.69) is 16.0 Å². The molecule has 9 nitrogen and oxygen atoms in total. The van der Waals surface area contributed by atoms with Crippen molar-refractivity contribution in [1.82, 2.24) is 10.6 Å². The maximum absolute atomic E-state index is 12.3. The topological polar surface area (TPSA) is 134 Å². The Hall–Kier alpha value is -3.10. The number of benzene rings is 1. The summed E-state index contributed by atoms with van der Waals surface area (Å²) in [7, 11) is 0. The van der Waals surface area contributed by atoms with Crippen molar-refractivity contribution in [3.05, 3.63) is 29.3 Å². The average molecular weight is 377 g/mol. The molecule has 146 valence electrons. The normalized spacial score (nSPS) is 16.5. The van der Waals surface area contributed by atoms with Crippen LogP contribution in [0.3, 0.4) is 0 Å². The van der Waals surface area contributed by atoms with Gasteiger partial charge in [0.25, 0.3) is 5.91 Å². The lowest BCUT2D eigenvalue weighted by Gasteiger charge is -2.20. The van der Waals surface area contributed by atoms with Gasteiger partial charge in [0.2, 0.25) is 5.91 Å². The van der Waals surface area contributed by atoms with Crippen molar-refractivity contribution in [3.8, 4) is 0 Å². The van der Waals surface area contributed by atoms with E-state index in [-0.39, 0.29) is 23.4 Å². The van der Waals surface area contributed by atoms with E-state index in [1.807, 2.05) is 0 Å². The number of carbonyl (C=O) groups is 4. The van der Waals surface area contributed by atoms with Gasteiger partial charge < -0.3 is 25.8 Å². The van der Waals surface area contributed by atoms with Gasteiger partial charge in [0.05, 0.1) is 16.8 Å². The number of hydrogen-bond donors (Lipinski definition) is 4. The number of fused-ring (bicyclic) bond motifs is 1. The first-order valence-corrected chi connectivity index (χ1v) is 8.53. The van der Waals surface area contributed by atoms with E-state index in [0.717, 1.165) is 0 Å². The zero-order valence-electron chi connectivity index (χ0n) is 15.4. The number of hydrogen-bond acceptors (Lipinski definition) is 5. The number of aromatic carboxylic acids is 1. The fourth-order valence-corrected chi connectivity index (χ4v) is 2.51. The van der Waals surface area contributed by atoms with Crippen LogP contribution >= 0.6 is 0 Å². The van der Waals surface area contributed by atoms with E-state index in [0.29, 0.717) is 12.8 Å². The molecule has 1 aliphatic heterocycles. The molecule has 1 aromatic carbocycles. The maximum atomic E-state index is 12.3. The summed E-state index contributed by atoms with van der Waals surface area (Å²) in [5.74, 6) is -2.06. The molecule has 0 spiro atoms. The molecule has 0 aromatic heterocycles. The number of carbonyl (C=O) groups excluding carboxylic acids is 3. The minimum Gasteiger partial charge on any atom is -0.478 e. The number of carboxylic acids is 1. The van der Waals surface area contributed by atoms with E-state index in [1.54, 1.807) is 20.8 Å². The highest BCUT2D eigenvalue weighted by Crippen LogP contribution is 2.21. The van der Waals surface area contributed by atoms with Crippen molar-refractivity contribution in [3.63, 3.8) is 0 Å². The van der Waals surface area contributed by atoms with Gasteiger partial charge in [-0.05, 0) is 51.8 Å². The third-order valence-corrected chi connectivity index (χ3v) is 3.73. The van der Waals surface area contributed by atoms with Crippen LogP contribution in [-0.4, -0.2) is 47.2 Å². The number of anilines is 1. The van der Waals surface area contributed by atoms with Gasteiger partial charge >= 0.3 is 12.1 Å². The van der Waals surface area contributed by atoms with Gasteiger partial charge in [-0.3, -0.25) is 9.59 Å². The van der Waals surface area contributed by atoms with Crippen LogP contribution in [0.2, 0.25) is 0 Å². The van der Waals surface area contributed by atoms with Gasteiger partial charge in [-0.25, -0.2) is 9.59 Å². The van der Waals surface area contributed by atoms with Gasteiger partial charge in [0.15, 0.2) is 0 Å². The molecule has 0 aliphatic carbocycles. The summed E-state index contributed by atoms with van der Waals surface area (Å²) in [6.07, 6.45) is 0.187. The van der Waals surface area contributed by atoms with Crippen LogP contribution in [0.25, 0.3) is 0 Å². The van der Waals surface area contributed by atoms with Crippen molar-refractivity contribution in [2.24, 2.45) is 0 Å². The summed E-state index contributed by atoms with van der Waals surface area (Å²) < 4.78 is 5.11. The molecule has 2 rings (SSSR count). The van der Waals surface area contributed by atoms with Gasteiger partial charge in [0.1, 0.15) is 11.6 Å². The molecule has 9 heteroatoms. The highest BCUT2D eigenvalue weighted by atomic mass is 16.6. The quantitative estimate of drug-likeness (QED) is 0.578. The lowest BCUT2D eigenvalue weighted by Crippen LogP contribution is -2.41. The maximum Gasteiger partial charge on any atom is 0.407 e. The van der Waals surface area contributed by atoms with Crippen molar-refractivity contribution < 1.29 is 29.0 Å². The standard InChI is InChI=1S/C18H23N3O6/c1-18(2,3)27-17(26)19-8-4-5-12-15(23)21-13-9-10(16(24)25)6-7-11(13)14(22)20-12/h6-7,9,12H,4-5,8H2,1-3H3,(H,19,26)(H,20,22)(H,21,23)(H,24,25). The number of nitrogens with one attached hydrogen (secondary N) is 3. The molecule has 0 fully saturated rings. The fraction of sp³-hybridized carbons (Fsp3) is 0.444. The number of carboxylic acid groups (broad SMARTS) is 1. The Morgan fingerprint density at radius 2 is 1.96 bits per heavy atom. The summed E-state index contributed by atoms with van der Waals surface area (Å²) in [5, 5.41) is 16.8. The molecular formula is C18H23N3O6. The average Bonchev–Trinajstić information content (AvgIpc) is 2.66. The van der Waals surface area contributed by atoms with E-state index < -0.39 is 35.5 Å². The molecule has 27 heavy (non-hydrogen) atoms. The van der Waals surface area contributed by atoms with Crippen LogP contribution in [0.4, 0.5) is 10.5 Å². The Morgan fingerprint density at radius 1 is 1.26 bits per heavy atom. The van der Waals surface area contributed by atoms with E-state index in [1.165, 1.54) is 18.2 Å². The van der Waals surface area contributed by atoms with Crippen LogP contribution < -0.4 is 16.0 Å². The third-order valence-electron chi connectivity index (χ3n) is 3.73. The lowest BCUT2D eigenvalue weighted by atomic mass is 10.1. The molecule has 1 unspecified atom stereocenters. The van der Waals surface area contributed by atoms with E-state index in [4.69, 9.17) is 9.84 Å². The van der Waals surface area contributed by atoms with Crippen LogP contribution in [0.15, 0.2) is 18.2 Å². The van der Waals surface area contributed by atoms with Crippen LogP contribution in [0.5, 0.6) is 0 Å². The monoisotopic (exact) mass is 377 g/mol. The van der Waals surface area contributed by atoms with Gasteiger partial charge in [0, 0.05) is 6.54 Å². The van der Waals surface area contributed by atoms with Crippen molar-refractivity contribution in [1.29, 1.82) is 0 Å². The zero-order valence-corrected chi connectivity index (χ0v) is 15.4. The summed E-state index contributed by atoms with van der Waals surface area (Å²) >= 11 is 0. The van der Waals surface area contributed by atoms with Gasteiger partial charge in [-0.2, -0.15) is 0 Å². The molecule has 3 amide bonds. The first-order valence-electron chi connectivity index (χ1n) is 8.53. The number of ether oxygens (including phenoxy) is 1. The summed E-state index contributed by atoms with van der Waals surface area (Å²) in [6, 6.07) is 3.12. The minimum atomic E-state index is -1.15. The highest BCUT2D eigenvalue weighted by molar-refractivity contribution is 6.10. The summed E-state index contributed by atoms with van der Waals surface area (Å²) in [6.45, 7) is 5.55. The predicted octanol–water partition coefficient (Wildman–Crippen LogP) is 1.74. The summed E-state index contributed by atoms with van der Waals surface area (Å²) in [5.41, 5.74) is -0.267. The summed E-state index contributed by atoms with van der Waals surface area (Å²) in [4.78, 5) is 47.3. The van der Waals surface area contributed by atoms with Crippen molar-refractivity contribution in [2.75, 3.05) is 11.9 Å². The second-order valence-electron chi connectivity index (χ2n) is 7.15. The molecule has 4 N–H and O–H groups in total. The van der Waals surface area contributed by atoms with E-state index in [9.17, 15) is 19.2 Å². The molecule has 1 aliphatic rings. The molecule has 0 saturated heterocycles. The third kappa shape index (κ3) is 5.70. The first-order chi connectivity index (χ1) is 12.6. The van der Waals surface area contributed by atoms with Crippen molar-refractivity contribution >= 4 is 29.6 Å². The van der Waals surface area contributed by atoms with E-state index >= 15 is 0 Å². The number of amides is 3. The number of rotatable bonds is 5. The van der Waals surface area contributed by atoms with Crippen LogP contribution in [0.1, 0.15) is 54.3 Å². The SMILES string of the molecule is CC(C)(C)OC(=O)NCCCC1NC(=O)c2ccc(C(=O)O)cc2NC1=O. The van der Waals surface area contributed by atoms with Crippen LogP contribution in [-0.2, 0) is 9.53 Å². The second-order valence-corrected chi connectivity index (χ2v) is 7.15. The Labute approximate surface area is 156 Å². The molecule has 1 aromatic rings. The Bertz CT molecular complexity index is 769. The smallest absolute Gasteiger partial charge is 0.407 e. The minimum absolute atomic E-state index is 0.0261. The molecular weight excluding hydrogens is 354 g/mol. The molecule has 1 atom stereocenters. The first kappa shape index (κ1) is 20.2. The fourth-order valence-electron chi connectivity index (χ4n) is 2.51. The zero-order chi connectivity index (χ0) is 20.2. The van der Waals surface area contributed by atoms with Gasteiger partial charge in [-0.1, -0.05) is 0 Å². The van der Waals surface area contributed by atoms with Crippen molar-refractivity contribution in [2.45, 2.75) is 45.3 Å². The molecule has 0 radical (unpaired) electrons. The Morgan fingerprint density at radius 3 is 2.59 bits per heavy atom. The predicted molar refractivity (Wildman–Crippen MR) is 96.8 cm³/mol. The molecule has 1 heterocycles. The number of alkyl carbamates (subject to hydrolysis) is 1. The lowest BCUT2D eigenvalue weighted by molar-refractivity contribution is -0.118. The largest absolute Gasteiger partial charge is 0.478 e. The molecule has 0 saturated carbocycles. The van der Waals surface area contributed by atoms with Crippen LogP contribution in [0, 0.1) is 0 Å². The Kier molecular flexibility index (Phi) is 6.04. The second kappa shape index (κ2) is 8.07. The highest BCUT2D eigenvalue weighted by Gasteiger charge is 2.28.